The van der Waals surface area contributed by atoms with Crippen LogP contribution < -0.4 is 5.32 Å². The molecule has 0 heterocycles. The van der Waals surface area contributed by atoms with Crippen LogP contribution in [-0.4, -0.2) is 44.6 Å². The van der Waals surface area contributed by atoms with Crippen LogP contribution in [0.4, 0.5) is 0 Å². The number of unbranched alkanes of at least 4 members (excludes halogenated alkanes) is 7. The Kier molecular flexibility index (Phi) is 11.9. The Morgan fingerprint density at radius 1 is 0.960 bits per heavy atom. The first-order valence-corrected chi connectivity index (χ1v) is 10.7. The van der Waals surface area contributed by atoms with Crippen molar-refractivity contribution in [2.24, 2.45) is 5.92 Å². The minimum absolute atomic E-state index is 0.238. The summed E-state index contributed by atoms with van der Waals surface area (Å²) < 4.78 is 0.966. The second-order valence-corrected chi connectivity index (χ2v) is 8.85. The fourth-order valence-electron chi connectivity index (χ4n) is 3.56. The second-order valence-electron chi connectivity index (χ2n) is 8.85. The highest BCUT2D eigenvalue weighted by atomic mass is 16.1. The van der Waals surface area contributed by atoms with Crippen molar-refractivity contribution in [1.82, 2.24) is 5.32 Å². The summed E-state index contributed by atoms with van der Waals surface area (Å²) in [7, 11) is 6.57. The second kappa shape index (κ2) is 13.4. The fraction of sp³-hybridized carbons (Fsp3) is 0.864. The van der Waals surface area contributed by atoms with Crippen LogP contribution >= 0.6 is 0 Å². The zero-order valence-corrected chi connectivity index (χ0v) is 17.2. The highest BCUT2D eigenvalue weighted by Gasteiger charge is 2.08. The van der Waals surface area contributed by atoms with Gasteiger partial charge in [0.25, 0.3) is 0 Å². The molecule has 0 bridgehead atoms. The molecule has 1 N–H and O–H groups in total. The van der Waals surface area contributed by atoms with Gasteiger partial charge >= 0.3 is 0 Å². The first-order chi connectivity index (χ1) is 12.0. The lowest BCUT2D eigenvalue weighted by Gasteiger charge is -2.23. The van der Waals surface area contributed by atoms with Crippen LogP contribution in [0.25, 0.3) is 0 Å². The van der Waals surface area contributed by atoms with Crippen molar-refractivity contribution in [2.45, 2.75) is 83.5 Å². The van der Waals surface area contributed by atoms with Gasteiger partial charge in [0.05, 0.1) is 27.7 Å². The molecule has 0 saturated carbocycles. The monoisotopic (exact) mass is 351 g/mol. The quantitative estimate of drug-likeness (QED) is 0.249. The Balaban J connectivity index is 1.77. The third-order valence-corrected chi connectivity index (χ3v) is 5.17. The first kappa shape index (κ1) is 22.2. The van der Waals surface area contributed by atoms with Crippen LogP contribution in [0.2, 0.25) is 0 Å². The Bertz CT molecular complexity index is 371. The van der Waals surface area contributed by atoms with Gasteiger partial charge in [0.1, 0.15) is 0 Å². The predicted molar refractivity (Wildman–Crippen MR) is 109 cm³/mol. The van der Waals surface area contributed by atoms with Crippen LogP contribution in [0.3, 0.4) is 0 Å². The summed E-state index contributed by atoms with van der Waals surface area (Å²) in [5.74, 6) is 1.13. The number of amides is 1. The average Bonchev–Trinajstić information content (AvgIpc) is 3.06. The van der Waals surface area contributed by atoms with Crippen LogP contribution in [-0.2, 0) is 4.79 Å². The number of quaternary nitrogens is 1. The molecular formula is C22H43N2O+. The van der Waals surface area contributed by atoms with E-state index in [9.17, 15) is 4.79 Å². The Hall–Kier alpha value is -0.830. The molecule has 0 aromatic heterocycles. The molecule has 1 amide bonds. The molecule has 0 aliphatic heterocycles. The fourth-order valence-corrected chi connectivity index (χ4v) is 3.56. The van der Waals surface area contributed by atoms with Gasteiger partial charge in [0, 0.05) is 19.4 Å². The highest BCUT2D eigenvalue weighted by molar-refractivity contribution is 5.75. The van der Waals surface area contributed by atoms with E-state index in [0.29, 0.717) is 6.42 Å². The molecule has 3 nitrogen and oxygen atoms in total. The molecular weight excluding hydrogens is 308 g/mol. The van der Waals surface area contributed by atoms with Gasteiger partial charge in [0.15, 0.2) is 0 Å². The SMILES string of the molecule is C[N+](C)(C)CCCNC(=O)CCCCCCCCCC[C@H]1C=CCC1. The average molecular weight is 352 g/mol. The van der Waals surface area contributed by atoms with E-state index in [1.807, 2.05) is 0 Å². The molecule has 25 heavy (non-hydrogen) atoms. The standard InChI is InChI=1S/C22H42N2O/c1-24(2,3)20-14-19-23-22(25)18-11-9-7-5-4-6-8-10-15-21-16-12-13-17-21/h12,16,21H,4-11,13-15,17-20H2,1-3H3/p+1/t21-/m0/s1. The molecule has 0 spiro atoms. The summed E-state index contributed by atoms with van der Waals surface area (Å²) in [5, 5.41) is 3.05. The molecule has 0 radical (unpaired) electrons. The van der Waals surface area contributed by atoms with E-state index in [1.165, 1.54) is 64.2 Å². The van der Waals surface area contributed by atoms with E-state index in [4.69, 9.17) is 0 Å². The van der Waals surface area contributed by atoms with Crippen LogP contribution in [0.1, 0.15) is 83.5 Å². The van der Waals surface area contributed by atoms with Crippen LogP contribution in [0.5, 0.6) is 0 Å². The third kappa shape index (κ3) is 14.1. The Labute approximate surface area is 156 Å². The predicted octanol–water partition coefficient (Wildman–Crippen LogP) is 5.07. The molecule has 1 aliphatic carbocycles. The number of hydrogen-bond donors (Lipinski definition) is 1. The van der Waals surface area contributed by atoms with Gasteiger partial charge in [-0.1, -0.05) is 57.1 Å². The Morgan fingerprint density at radius 3 is 2.20 bits per heavy atom. The molecule has 0 fully saturated rings. The molecule has 0 saturated heterocycles. The number of hydrogen-bond acceptors (Lipinski definition) is 1. The number of nitrogens with one attached hydrogen (secondary N) is 1. The molecule has 0 unspecified atom stereocenters. The zero-order valence-electron chi connectivity index (χ0n) is 17.2. The summed E-state index contributed by atoms with van der Waals surface area (Å²) in [6.07, 6.45) is 21.1. The number of nitrogens with zero attached hydrogens (tertiary/aromatic N) is 1. The van der Waals surface area contributed by atoms with Gasteiger partial charge in [-0.05, 0) is 31.6 Å². The highest BCUT2D eigenvalue weighted by Crippen LogP contribution is 2.23. The van der Waals surface area contributed by atoms with Crippen molar-refractivity contribution in [3.63, 3.8) is 0 Å². The van der Waals surface area contributed by atoms with Gasteiger partial charge < -0.3 is 9.80 Å². The van der Waals surface area contributed by atoms with Crippen molar-refractivity contribution < 1.29 is 9.28 Å². The maximum Gasteiger partial charge on any atom is 0.219 e. The lowest BCUT2D eigenvalue weighted by Crippen LogP contribution is -2.37. The maximum absolute atomic E-state index is 11.8. The van der Waals surface area contributed by atoms with E-state index in [-0.39, 0.29) is 5.91 Å². The van der Waals surface area contributed by atoms with E-state index in [0.717, 1.165) is 36.3 Å². The molecule has 1 aliphatic rings. The normalized spacial score (nSPS) is 17.2. The van der Waals surface area contributed by atoms with Crippen molar-refractivity contribution in [1.29, 1.82) is 0 Å². The number of allylic oxidation sites excluding steroid dienone is 2. The van der Waals surface area contributed by atoms with Gasteiger partial charge in [-0.15, -0.1) is 0 Å². The van der Waals surface area contributed by atoms with Gasteiger partial charge in [0.2, 0.25) is 5.91 Å². The molecule has 1 rings (SSSR count). The lowest BCUT2D eigenvalue weighted by atomic mass is 9.99. The van der Waals surface area contributed by atoms with Crippen molar-refractivity contribution in [2.75, 3.05) is 34.2 Å². The van der Waals surface area contributed by atoms with Gasteiger partial charge in [-0.25, -0.2) is 0 Å². The summed E-state index contributed by atoms with van der Waals surface area (Å²) in [6.45, 7) is 1.93. The Morgan fingerprint density at radius 2 is 1.60 bits per heavy atom. The minimum Gasteiger partial charge on any atom is -0.356 e. The van der Waals surface area contributed by atoms with Gasteiger partial charge in [-0.3, -0.25) is 4.79 Å². The zero-order chi connectivity index (χ0) is 18.4. The van der Waals surface area contributed by atoms with Crippen molar-refractivity contribution in [3.8, 4) is 0 Å². The van der Waals surface area contributed by atoms with Crippen molar-refractivity contribution in [3.05, 3.63) is 12.2 Å². The van der Waals surface area contributed by atoms with Crippen LogP contribution in [0, 0.1) is 5.92 Å². The summed E-state index contributed by atoms with van der Waals surface area (Å²) in [5.41, 5.74) is 0. The largest absolute Gasteiger partial charge is 0.356 e. The summed E-state index contributed by atoms with van der Waals surface area (Å²) >= 11 is 0. The lowest BCUT2D eigenvalue weighted by molar-refractivity contribution is -0.870. The first-order valence-electron chi connectivity index (χ1n) is 10.7. The molecule has 3 heteroatoms. The van der Waals surface area contributed by atoms with E-state index < -0.39 is 0 Å². The molecule has 0 aromatic carbocycles. The van der Waals surface area contributed by atoms with E-state index in [2.05, 4.69) is 38.6 Å². The van der Waals surface area contributed by atoms with Gasteiger partial charge in [-0.2, -0.15) is 0 Å². The smallest absolute Gasteiger partial charge is 0.219 e. The number of carbonyl (C=O) groups excluding carboxylic acids is 1. The number of rotatable bonds is 15. The molecule has 0 aromatic rings. The molecule has 146 valence electrons. The van der Waals surface area contributed by atoms with Crippen LogP contribution in [0.15, 0.2) is 12.2 Å². The third-order valence-electron chi connectivity index (χ3n) is 5.17. The van der Waals surface area contributed by atoms with E-state index in [1.54, 1.807) is 0 Å². The summed E-state index contributed by atoms with van der Waals surface area (Å²) in [4.78, 5) is 11.8. The van der Waals surface area contributed by atoms with E-state index >= 15 is 0 Å². The topological polar surface area (TPSA) is 29.1 Å². The maximum atomic E-state index is 11.8. The minimum atomic E-state index is 0.238. The summed E-state index contributed by atoms with van der Waals surface area (Å²) in [6, 6.07) is 0. The number of carbonyl (C=O) groups is 1. The van der Waals surface area contributed by atoms with Crippen molar-refractivity contribution >= 4 is 5.91 Å². The molecule has 1 atom stereocenters.